The Morgan fingerprint density at radius 3 is 2.61 bits per heavy atom. The highest BCUT2D eigenvalue weighted by molar-refractivity contribution is 5.52. The van der Waals surface area contributed by atoms with Crippen molar-refractivity contribution in [2.24, 2.45) is 5.73 Å². The van der Waals surface area contributed by atoms with E-state index >= 15 is 0 Å². The summed E-state index contributed by atoms with van der Waals surface area (Å²) in [6, 6.07) is 8.04. The Morgan fingerprint density at radius 1 is 1.17 bits per heavy atom. The molecule has 1 aromatic heterocycles. The highest BCUT2D eigenvalue weighted by Crippen LogP contribution is 2.16. The van der Waals surface area contributed by atoms with Crippen molar-refractivity contribution in [1.82, 2.24) is 10.2 Å². The Hall–Kier alpha value is -1.92. The third-order valence-electron chi connectivity index (χ3n) is 2.43. The molecule has 18 heavy (non-hydrogen) atoms. The predicted molar refractivity (Wildman–Crippen MR) is 67.6 cm³/mol. The lowest BCUT2D eigenvalue weighted by atomic mass is 10.1. The van der Waals surface area contributed by atoms with Crippen LogP contribution in [0.15, 0.2) is 28.7 Å². The van der Waals surface area contributed by atoms with E-state index in [2.05, 4.69) is 15.5 Å². The first-order valence-electron chi connectivity index (χ1n) is 5.81. The van der Waals surface area contributed by atoms with Crippen LogP contribution in [0.4, 0.5) is 11.7 Å². The van der Waals surface area contributed by atoms with Crippen molar-refractivity contribution >= 4 is 11.7 Å². The molecule has 2 aromatic rings. The van der Waals surface area contributed by atoms with Crippen LogP contribution < -0.4 is 11.1 Å². The van der Waals surface area contributed by atoms with Crippen molar-refractivity contribution in [2.45, 2.75) is 12.8 Å². The number of anilines is 2. The van der Waals surface area contributed by atoms with Crippen LogP contribution in [0.1, 0.15) is 11.5 Å². The molecule has 0 bridgehead atoms. The second-order valence-electron chi connectivity index (χ2n) is 3.84. The van der Waals surface area contributed by atoms with E-state index in [1.165, 1.54) is 0 Å². The van der Waals surface area contributed by atoms with Crippen LogP contribution in [-0.4, -0.2) is 28.5 Å². The minimum absolute atomic E-state index is 0.152. The van der Waals surface area contributed by atoms with Crippen LogP contribution in [-0.2, 0) is 12.8 Å². The molecule has 0 atom stereocenters. The van der Waals surface area contributed by atoms with Crippen molar-refractivity contribution < 1.29 is 9.52 Å². The lowest BCUT2D eigenvalue weighted by Crippen LogP contribution is -2.02. The highest BCUT2D eigenvalue weighted by Gasteiger charge is 2.05. The van der Waals surface area contributed by atoms with Crippen LogP contribution in [0.2, 0.25) is 0 Å². The number of nitrogens with zero attached hydrogens (tertiary/aromatic N) is 2. The Morgan fingerprint density at radius 2 is 1.94 bits per heavy atom. The Labute approximate surface area is 105 Å². The molecule has 0 fully saturated rings. The van der Waals surface area contributed by atoms with Gasteiger partial charge in [0.15, 0.2) is 0 Å². The maximum atomic E-state index is 8.82. The summed E-state index contributed by atoms with van der Waals surface area (Å²) in [5.41, 5.74) is 7.34. The molecule has 2 rings (SSSR count). The van der Waals surface area contributed by atoms with E-state index < -0.39 is 0 Å². The molecule has 0 radical (unpaired) electrons. The van der Waals surface area contributed by atoms with Gasteiger partial charge >= 0.3 is 6.01 Å². The van der Waals surface area contributed by atoms with Crippen LogP contribution in [0, 0.1) is 0 Å². The summed E-state index contributed by atoms with van der Waals surface area (Å²) in [7, 11) is 0. The number of nitrogens with one attached hydrogen (secondary N) is 1. The van der Waals surface area contributed by atoms with Gasteiger partial charge in [0.2, 0.25) is 5.89 Å². The van der Waals surface area contributed by atoms with Crippen molar-refractivity contribution in [1.29, 1.82) is 0 Å². The summed E-state index contributed by atoms with van der Waals surface area (Å²) in [6.07, 6.45) is 1.23. The minimum atomic E-state index is 0.152. The summed E-state index contributed by atoms with van der Waals surface area (Å²) in [5.74, 6) is 0.525. The summed E-state index contributed by atoms with van der Waals surface area (Å²) in [5, 5.41) is 19.5. The van der Waals surface area contributed by atoms with Gasteiger partial charge in [-0.1, -0.05) is 17.2 Å². The van der Waals surface area contributed by atoms with Gasteiger partial charge in [-0.25, -0.2) is 0 Å². The summed E-state index contributed by atoms with van der Waals surface area (Å²) < 4.78 is 5.35. The van der Waals surface area contributed by atoms with Crippen molar-refractivity contribution in [3.63, 3.8) is 0 Å². The number of hydrogen-bond acceptors (Lipinski definition) is 6. The van der Waals surface area contributed by atoms with E-state index in [1.54, 1.807) is 0 Å². The monoisotopic (exact) mass is 248 g/mol. The van der Waals surface area contributed by atoms with Crippen molar-refractivity contribution in [2.75, 3.05) is 18.5 Å². The number of hydrogen-bond donors (Lipinski definition) is 3. The fourth-order valence-corrected chi connectivity index (χ4v) is 1.54. The number of rotatable bonds is 6. The van der Waals surface area contributed by atoms with E-state index in [0.29, 0.717) is 31.3 Å². The van der Waals surface area contributed by atoms with E-state index in [4.69, 9.17) is 15.3 Å². The number of benzene rings is 1. The lowest BCUT2D eigenvalue weighted by molar-refractivity contribution is 0.299. The fraction of sp³-hybridized carbons (Fsp3) is 0.333. The molecule has 0 aliphatic carbocycles. The molecular weight excluding hydrogens is 232 g/mol. The number of aromatic nitrogens is 2. The normalized spacial score (nSPS) is 10.6. The van der Waals surface area contributed by atoms with Gasteiger partial charge in [0.05, 0.1) is 0 Å². The molecule has 6 nitrogen and oxygen atoms in total. The molecule has 0 aliphatic rings. The average molecular weight is 248 g/mol. The molecule has 1 heterocycles. The Balaban J connectivity index is 1.99. The number of aliphatic hydroxyl groups excluding tert-OH is 1. The quantitative estimate of drug-likeness (QED) is 0.701. The zero-order chi connectivity index (χ0) is 12.8. The van der Waals surface area contributed by atoms with Gasteiger partial charge in [0.25, 0.3) is 0 Å². The molecule has 0 unspecified atom stereocenters. The topological polar surface area (TPSA) is 97.2 Å². The first kappa shape index (κ1) is 12.5. The molecule has 0 spiro atoms. The average Bonchev–Trinajstić information content (AvgIpc) is 2.80. The van der Waals surface area contributed by atoms with Gasteiger partial charge in [0, 0.05) is 25.3 Å². The third kappa shape index (κ3) is 3.28. The van der Waals surface area contributed by atoms with Gasteiger partial charge in [-0.3, -0.25) is 0 Å². The van der Waals surface area contributed by atoms with E-state index in [1.807, 2.05) is 24.3 Å². The fourth-order valence-electron chi connectivity index (χ4n) is 1.54. The maximum Gasteiger partial charge on any atom is 0.320 e. The van der Waals surface area contributed by atoms with Gasteiger partial charge < -0.3 is 20.6 Å². The molecule has 0 saturated carbocycles. The highest BCUT2D eigenvalue weighted by atomic mass is 16.4. The summed E-state index contributed by atoms with van der Waals surface area (Å²) in [6.45, 7) is 0.635. The van der Waals surface area contributed by atoms with Crippen LogP contribution in [0.3, 0.4) is 0 Å². The zero-order valence-electron chi connectivity index (χ0n) is 9.97. The van der Waals surface area contributed by atoms with E-state index in [0.717, 1.165) is 11.3 Å². The van der Waals surface area contributed by atoms with Crippen molar-refractivity contribution in [3.8, 4) is 0 Å². The molecule has 0 saturated heterocycles. The molecular formula is C12H16N4O2. The van der Waals surface area contributed by atoms with Gasteiger partial charge in [-0.15, -0.1) is 5.10 Å². The van der Waals surface area contributed by atoms with E-state index in [-0.39, 0.29) is 6.61 Å². The lowest BCUT2D eigenvalue weighted by Gasteiger charge is -2.02. The van der Waals surface area contributed by atoms with Crippen LogP contribution in [0.25, 0.3) is 0 Å². The smallest absolute Gasteiger partial charge is 0.320 e. The third-order valence-corrected chi connectivity index (χ3v) is 2.43. The number of nitrogens with two attached hydrogens (primary N) is 1. The minimum Gasteiger partial charge on any atom is -0.408 e. The maximum absolute atomic E-state index is 8.82. The van der Waals surface area contributed by atoms with Crippen molar-refractivity contribution in [3.05, 3.63) is 35.7 Å². The second-order valence-corrected chi connectivity index (χ2v) is 3.84. The van der Waals surface area contributed by atoms with E-state index in [9.17, 15) is 0 Å². The Bertz CT molecular complexity index is 481. The van der Waals surface area contributed by atoms with Crippen LogP contribution in [0.5, 0.6) is 0 Å². The first-order chi connectivity index (χ1) is 8.81. The van der Waals surface area contributed by atoms with Gasteiger partial charge in [0.1, 0.15) is 0 Å². The van der Waals surface area contributed by atoms with Gasteiger partial charge in [-0.2, -0.15) is 0 Å². The molecule has 4 N–H and O–H groups in total. The zero-order valence-corrected chi connectivity index (χ0v) is 9.97. The molecule has 96 valence electrons. The SMILES string of the molecule is NCCc1nnc(Nc2ccc(CCO)cc2)o1. The Kier molecular flexibility index (Phi) is 4.27. The van der Waals surface area contributed by atoms with Gasteiger partial charge in [-0.05, 0) is 24.1 Å². The largest absolute Gasteiger partial charge is 0.408 e. The molecule has 1 aromatic carbocycles. The summed E-state index contributed by atoms with van der Waals surface area (Å²) >= 11 is 0. The first-order valence-corrected chi connectivity index (χ1v) is 5.81. The molecule has 0 aliphatic heterocycles. The molecule has 6 heteroatoms. The summed E-state index contributed by atoms with van der Waals surface area (Å²) in [4.78, 5) is 0. The predicted octanol–water partition coefficient (Wildman–Crippen LogP) is 0.849. The van der Waals surface area contributed by atoms with Crippen LogP contribution >= 0.6 is 0 Å². The number of aliphatic hydroxyl groups is 1. The second kappa shape index (κ2) is 6.13. The standard InChI is InChI=1S/C12H16N4O2/c13-7-5-11-15-16-12(18-11)14-10-3-1-9(2-4-10)6-8-17/h1-4,17H,5-8,13H2,(H,14,16). The molecule has 0 amide bonds.